The number of nitrogens with zero attached hydrogens (tertiary/aromatic N) is 3. The van der Waals surface area contributed by atoms with E-state index in [0.717, 1.165) is 10.1 Å². The summed E-state index contributed by atoms with van der Waals surface area (Å²) < 4.78 is 27.1. The molecule has 0 aliphatic rings. The molecule has 0 saturated heterocycles. The number of carbonyl (C=O) groups is 1. The Morgan fingerprint density at radius 2 is 1.92 bits per heavy atom. The topological polar surface area (TPSA) is 117 Å². The number of halogens is 1. The van der Waals surface area contributed by atoms with Gasteiger partial charge in [-0.25, -0.2) is 14.2 Å². The maximum absolute atomic E-state index is 13.5. The fraction of sp³-hybridized carbons (Fsp3) is 0.214. The van der Waals surface area contributed by atoms with Crippen LogP contribution in [-0.2, 0) is 24.3 Å². The van der Waals surface area contributed by atoms with Crippen LogP contribution < -0.4 is 16.0 Å². The molecule has 1 N–H and O–H groups in total. The van der Waals surface area contributed by atoms with E-state index >= 15 is 0 Å². The lowest BCUT2D eigenvalue weighted by Crippen LogP contribution is -2.41. The highest BCUT2D eigenvalue weighted by atomic mass is 32.1. The fourth-order valence-corrected chi connectivity index (χ4v) is 5.34. The minimum absolute atomic E-state index is 0.249. The second kappa shape index (κ2) is 11.1. The van der Waals surface area contributed by atoms with Gasteiger partial charge in [0.25, 0.3) is 5.56 Å². The first kappa shape index (κ1) is 26.1. The lowest BCUT2D eigenvalue weighted by atomic mass is 10.1. The van der Waals surface area contributed by atoms with Gasteiger partial charge in [0.15, 0.2) is 0 Å². The molecule has 0 radical (unpaired) electrons. The highest BCUT2D eigenvalue weighted by molar-refractivity contribution is 7.21. The molecule has 200 valence electrons. The van der Waals surface area contributed by atoms with E-state index in [9.17, 15) is 23.9 Å². The third-order valence-corrected chi connectivity index (χ3v) is 7.40. The van der Waals surface area contributed by atoms with E-state index in [1.807, 2.05) is 24.3 Å². The highest BCUT2D eigenvalue weighted by Gasteiger charge is 2.21. The lowest BCUT2D eigenvalue weighted by molar-refractivity contribution is -0.141. The number of rotatable bonds is 10. The molecule has 0 saturated carbocycles. The van der Waals surface area contributed by atoms with Gasteiger partial charge in [-0.3, -0.25) is 18.7 Å². The van der Waals surface area contributed by atoms with Crippen molar-refractivity contribution in [2.45, 2.75) is 32.9 Å². The van der Waals surface area contributed by atoms with Crippen LogP contribution in [-0.4, -0.2) is 25.2 Å². The van der Waals surface area contributed by atoms with Gasteiger partial charge < -0.3 is 14.3 Å². The van der Waals surface area contributed by atoms with Crippen LogP contribution in [0.4, 0.5) is 4.39 Å². The molecule has 0 spiro atoms. The van der Waals surface area contributed by atoms with E-state index in [-0.39, 0.29) is 18.9 Å². The Balaban J connectivity index is 1.46. The molecule has 11 heteroatoms. The third kappa shape index (κ3) is 5.53. The van der Waals surface area contributed by atoms with E-state index < -0.39 is 23.1 Å². The molecule has 3 heterocycles. The molecule has 5 aromatic rings. The Kier molecular flexibility index (Phi) is 7.42. The minimum Gasteiger partial charge on any atom is -0.481 e. The van der Waals surface area contributed by atoms with Crippen molar-refractivity contribution in [3.05, 3.63) is 99.3 Å². The summed E-state index contributed by atoms with van der Waals surface area (Å²) in [4.78, 5) is 43.4. The number of benzene rings is 2. The zero-order chi connectivity index (χ0) is 27.5. The summed E-state index contributed by atoms with van der Waals surface area (Å²) in [6, 6.07) is 14.8. The maximum atomic E-state index is 13.5. The number of hydrogen-bond donors (Lipinski definition) is 1. The maximum Gasteiger partial charge on any atom is 0.332 e. The van der Waals surface area contributed by atoms with Gasteiger partial charge in [-0.2, -0.15) is 0 Å². The molecule has 1 atom stereocenters. The molecule has 0 aliphatic carbocycles. The summed E-state index contributed by atoms with van der Waals surface area (Å²) in [7, 11) is 0. The van der Waals surface area contributed by atoms with Gasteiger partial charge in [0.05, 0.1) is 22.4 Å². The van der Waals surface area contributed by atoms with Crippen molar-refractivity contribution in [1.82, 2.24) is 14.1 Å². The first-order chi connectivity index (χ1) is 18.8. The van der Waals surface area contributed by atoms with Crippen molar-refractivity contribution in [2.75, 3.05) is 0 Å². The number of thiophene rings is 1. The molecule has 39 heavy (non-hydrogen) atoms. The van der Waals surface area contributed by atoms with Crippen LogP contribution in [0.5, 0.6) is 11.5 Å². The average Bonchev–Trinajstić information content (AvgIpc) is 3.61. The summed E-state index contributed by atoms with van der Waals surface area (Å²) in [5.41, 5.74) is -0.228. The number of fused-ring (bicyclic) bond motifs is 1. The van der Waals surface area contributed by atoms with Crippen molar-refractivity contribution >= 4 is 27.5 Å². The van der Waals surface area contributed by atoms with E-state index in [2.05, 4.69) is 4.98 Å². The monoisotopic (exact) mass is 549 g/mol. The lowest BCUT2D eigenvalue weighted by Gasteiger charge is -2.14. The van der Waals surface area contributed by atoms with E-state index in [1.165, 1.54) is 47.4 Å². The summed E-state index contributed by atoms with van der Waals surface area (Å²) in [5, 5.41) is 9.67. The number of hydrogen-bond acceptors (Lipinski definition) is 7. The molecule has 0 unspecified atom stereocenters. The first-order valence-corrected chi connectivity index (χ1v) is 13.0. The Hall–Kier alpha value is -4.51. The van der Waals surface area contributed by atoms with Gasteiger partial charge >= 0.3 is 11.7 Å². The first-order valence-electron chi connectivity index (χ1n) is 12.2. The van der Waals surface area contributed by atoms with Gasteiger partial charge in [-0.1, -0.05) is 25.1 Å². The Morgan fingerprint density at radius 1 is 1.15 bits per heavy atom. The van der Waals surface area contributed by atoms with Crippen LogP contribution in [0.25, 0.3) is 21.0 Å². The molecule has 5 rings (SSSR count). The smallest absolute Gasteiger partial charge is 0.332 e. The third-order valence-electron chi connectivity index (χ3n) is 6.26. The Bertz CT molecular complexity index is 1740. The number of aliphatic carboxylic acids is 1. The molecule has 9 nitrogen and oxygen atoms in total. The van der Waals surface area contributed by atoms with Crippen molar-refractivity contribution in [3.63, 3.8) is 0 Å². The minimum atomic E-state index is -1.10. The SMILES string of the molecule is C[C@H](Cn1c(=O)c2cc(-c3ncco3)sc2n(CCCc2ccccc2Oc2ccc(F)cc2)c1=O)C(=O)O. The van der Waals surface area contributed by atoms with Gasteiger partial charge in [0.1, 0.15) is 28.4 Å². The Morgan fingerprint density at radius 3 is 2.64 bits per heavy atom. The van der Waals surface area contributed by atoms with Crippen molar-refractivity contribution in [2.24, 2.45) is 5.92 Å². The van der Waals surface area contributed by atoms with Crippen molar-refractivity contribution in [3.8, 4) is 22.3 Å². The van der Waals surface area contributed by atoms with Crippen LogP contribution in [0, 0.1) is 11.7 Å². The van der Waals surface area contributed by atoms with Crippen LogP contribution >= 0.6 is 11.3 Å². The highest BCUT2D eigenvalue weighted by Crippen LogP contribution is 2.31. The van der Waals surface area contributed by atoms with Crippen LogP contribution in [0.15, 0.2) is 81.1 Å². The van der Waals surface area contributed by atoms with E-state index in [1.54, 1.807) is 18.2 Å². The van der Waals surface area contributed by atoms with E-state index in [4.69, 9.17) is 9.15 Å². The van der Waals surface area contributed by atoms with E-state index in [0.29, 0.717) is 45.3 Å². The molecule has 0 aliphatic heterocycles. The van der Waals surface area contributed by atoms with Gasteiger partial charge in [-0.05, 0) is 54.8 Å². The summed E-state index contributed by atoms with van der Waals surface area (Å²) in [5.74, 6) is -0.945. The van der Waals surface area contributed by atoms with Gasteiger partial charge in [0, 0.05) is 13.1 Å². The second-order valence-corrected chi connectivity index (χ2v) is 10.1. The Labute approximate surface area is 225 Å². The summed E-state index contributed by atoms with van der Waals surface area (Å²) in [6.45, 7) is 1.47. The normalized spacial score (nSPS) is 12.1. The van der Waals surface area contributed by atoms with Gasteiger partial charge in [0.2, 0.25) is 5.89 Å². The molecule has 2 aromatic carbocycles. The number of aromatic nitrogens is 3. The molecule has 0 bridgehead atoms. The molecular weight excluding hydrogens is 525 g/mol. The standard InChI is InChI=1S/C28H24FN3O6S/c1-17(27(34)35)16-32-25(33)21-15-23(24-30-12-14-37-24)39-26(21)31(28(32)36)13-4-6-18-5-2-3-7-22(18)38-20-10-8-19(29)9-11-20/h2-3,5,7-12,14-15,17H,4,6,13,16H2,1H3,(H,34,35)/t17-/m1/s1. The van der Waals surface area contributed by atoms with Crippen molar-refractivity contribution in [1.29, 1.82) is 0 Å². The van der Waals surface area contributed by atoms with Crippen LogP contribution in [0.3, 0.4) is 0 Å². The fourth-order valence-electron chi connectivity index (χ4n) is 4.23. The average molecular weight is 550 g/mol. The largest absolute Gasteiger partial charge is 0.481 e. The summed E-state index contributed by atoms with van der Waals surface area (Å²) in [6.07, 6.45) is 3.99. The predicted molar refractivity (Wildman–Crippen MR) is 144 cm³/mol. The number of aryl methyl sites for hydroxylation is 2. The molecule has 0 amide bonds. The molecule has 3 aromatic heterocycles. The molecular formula is C28H24FN3O6S. The quantitative estimate of drug-likeness (QED) is 0.256. The summed E-state index contributed by atoms with van der Waals surface area (Å²) >= 11 is 1.22. The van der Waals surface area contributed by atoms with Gasteiger partial charge in [-0.15, -0.1) is 11.3 Å². The predicted octanol–water partition coefficient (Wildman–Crippen LogP) is 5.16. The number of para-hydroxylation sites is 1. The molecule has 0 fully saturated rings. The number of carboxylic acid groups (broad SMARTS) is 1. The number of carboxylic acids is 1. The van der Waals surface area contributed by atoms with Crippen LogP contribution in [0.2, 0.25) is 0 Å². The number of oxazole rings is 1. The van der Waals surface area contributed by atoms with Crippen molar-refractivity contribution < 1.29 is 23.4 Å². The second-order valence-electron chi connectivity index (χ2n) is 9.02. The number of ether oxygens (including phenoxy) is 1. The zero-order valence-corrected chi connectivity index (χ0v) is 21.7. The van der Waals surface area contributed by atoms with Crippen LogP contribution in [0.1, 0.15) is 18.9 Å². The zero-order valence-electron chi connectivity index (χ0n) is 20.9.